The first-order valence-corrected chi connectivity index (χ1v) is 10.1. The van der Waals surface area contributed by atoms with Gasteiger partial charge in [0.25, 0.3) is 5.91 Å². The topological polar surface area (TPSA) is 74.2 Å². The highest BCUT2D eigenvalue weighted by atomic mass is 127. The van der Waals surface area contributed by atoms with Gasteiger partial charge in [-0.2, -0.15) is 0 Å². The molecule has 4 rings (SSSR count). The van der Waals surface area contributed by atoms with Gasteiger partial charge in [-0.3, -0.25) is 9.78 Å². The zero-order chi connectivity index (χ0) is 19.3. The molecule has 1 aliphatic heterocycles. The number of halogens is 1. The van der Waals surface area contributed by atoms with Crippen LogP contribution in [0.4, 0.5) is 17.3 Å². The quantitative estimate of drug-likeness (QED) is 0.572. The Balaban J connectivity index is 1.36. The van der Waals surface area contributed by atoms with Crippen LogP contribution in [-0.2, 0) is 0 Å². The Hall–Kier alpha value is -2.75. The minimum atomic E-state index is 0.0904. The fraction of sp³-hybridized carbons (Fsp3) is 0.200. The molecule has 1 N–H and O–H groups in total. The molecule has 1 saturated heterocycles. The average molecular weight is 486 g/mol. The van der Waals surface area contributed by atoms with Crippen LogP contribution < -0.4 is 10.2 Å². The number of hydrogen-bond acceptors (Lipinski definition) is 6. The van der Waals surface area contributed by atoms with Crippen LogP contribution in [0.25, 0.3) is 0 Å². The molecule has 3 aromatic rings. The summed E-state index contributed by atoms with van der Waals surface area (Å²) in [7, 11) is 0. The first-order chi connectivity index (χ1) is 13.7. The number of piperazine rings is 1. The van der Waals surface area contributed by atoms with Crippen molar-refractivity contribution in [3.8, 4) is 0 Å². The maximum Gasteiger partial charge on any atom is 0.255 e. The molecule has 1 aromatic carbocycles. The molecular weight excluding hydrogens is 467 g/mol. The van der Waals surface area contributed by atoms with E-state index < -0.39 is 0 Å². The van der Waals surface area contributed by atoms with E-state index in [0.29, 0.717) is 18.9 Å². The normalized spacial score (nSPS) is 14.0. The van der Waals surface area contributed by atoms with Gasteiger partial charge in [0, 0.05) is 47.8 Å². The lowest BCUT2D eigenvalue weighted by molar-refractivity contribution is 0.0745. The van der Waals surface area contributed by atoms with E-state index in [1.54, 1.807) is 12.4 Å². The predicted molar refractivity (Wildman–Crippen MR) is 117 cm³/mol. The SMILES string of the molecule is O=C(c1ccccc1I)N1CCN(c2ccc(Nc3ccncc3)nn2)CC1. The zero-order valence-corrected chi connectivity index (χ0v) is 17.3. The molecular formula is C20H19IN6O. The number of benzene rings is 1. The Morgan fingerprint density at radius 1 is 0.929 bits per heavy atom. The summed E-state index contributed by atoms with van der Waals surface area (Å²) >= 11 is 2.21. The minimum absolute atomic E-state index is 0.0904. The summed E-state index contributed by atoms with van der Waals surface area (Å²) in [5.74, 6) is 1.59. The summed E-state index contributed by atoms with van der Waals surface area (Å²) in [5.41, 5.74) is 1.68. The number of anilines is 3. The molecule has 0 bridgehead atoms. The van der Waals surface area contributed by atoms with Crippen LogP contribution in [0.15, 0.2) is 60.9 Å². The molecule has 0 radical (unpaired) electrons. The van der Waals surface area contributed by atoms with Gasteiger partial charge < -0.3 is 15.1 Å². The fourth-order valence-electron chi connectivity index (χ4n) is 3.09. The molecule has 2 aromatic heterocycles. The van der Waals surface area contributed by atoms with Crippen molar-refractivity contribution in [3.05, 3.63) is 70.1 Å². The van der Waals surface area contributed by atoms with E-state index in [2.05, 4.69) is 48.0 Å². The average Bonchev–Trinajstić information content (AvgIpc) is 2.75. The Kier molecular flexibility index (Phi) is 5.65. The third kappa shape index (κ3) is 4.22. The third-order valence-electron chi connectivity index (χ3n) is 4.60. The highest BCUT2D eigenvalue weighted by molar-refractivity contribution is 14.1. The monoisotopic (exact) mass is 486 g/mol. The molecule has 0 spiro atoms. The van der Waals surface area contributed by atoms with Gasteiger partial charge in [0.05, 0.1) is 5.56 Å². The van der Waals surface area contributed by atoms with Crippen LogP contribution in [-0.4, -0.2) is 52.2 Å². The number of amides is 1. The molecule has 1 aliphatic rings. The molecule has 1 amide bonds. The number of pyridine rings is 1. The molecule has 142 valence electrons. The Morgan fingerprint density at radius 2 is 1.68 bits per heavy atom. The van der Waals surface area contributed by atoms with Crippen LogP contribution in [0.2, 0.25) is 0 Å². The van der Waals surface area contributed by atoms with Crippen molar-refractivity contribution in [2.24, 2.45) is 0 Å². The number of nitrogens with one attached hydrogen (secondary N) is 1. The van der Waals surface area contributed by atoms with E-state index in [4.69, 9.17) is 0 Å². The zero-order valence-electron chi connectivity index (χ0n) is 15.1. The van der Waals surface area contributed by atoms with Gasteiger partial charge in [0.2, 0.25) is 0 Å². The van der Waals surface area contributed by atoms with E-state index in [1.165, 1.54) is 0 Å². The summed E-state index contributed by atoms with van der Waals surface area (Å²) in [5, 5.41) is 11.8. The Labute approximate surface area is 176 Å². The molecule has 8 heteroatoms. The van der Waals surface area contributed by atoms with Crippen LogP contribution in [0.5, 0.6) is 0 Å². The molecule has 0 atom stereocenters. The van der Waals surface area contributed by atoms with Gasteiger partial charge in [0.15, 0.2) is 11.6 Å². The van der Waals surface area contributed by atoms with Crippen LogP contribution >= 0.6 is 22.6 Å². The van der Waals surface area contributed by atoms with Gasteiger partial charge in [-0.1, -0.05) is 12.1 Å². The standard InChI is InChI=1S/C20H19IN6O/c21-17-4-2-1-3-16(17)20(28)27-13-11-26(12-14-27)19-6-5-18(24-25-19)23-15-7-9-22-10-8-15/h1-10H,11-14H2,(H,22,23,24). The van der Waals surface area contributed by atoms with E-state index in [9.17, 15) is 4.79 Å². The van der Waals surface area contributed by atoms with Crippen LogP contribution in [0.1, 0.15) is 10.4 Å². The number of nitrogens with zero attached hydrogens (tertiary/aromatic N) is 5. The van der Waals surface area contributed by atoms with Crippen molar-refractivity contribution in [3.63, 3.8) is 0 Å². The van der Waals surface area contributed by atoms with E-state index in [-0.39, 0.29) is 5.91 Å². The second-order valence-electron chi connectivity index (χ2n) is 6.40. The van der Waals surface area contributed by atoms with E-state index in [1.807, 2.05) is 53.4 Å². The summed E-state index contributed by atoms with van der Waals surface area (Å²) in [6, 6.07) is 15.3. The molecule has 0 unspecified atom stereocenters. The minimum Gasteiger partial charge on any atom is -0.352 e. The van der Waals surface area contributed by atoms with Gasteiger partial charge in [-0.25, -0.2) is 0 Å². The first kappa shape index (κ1) is 18.6. The molecule has 0 aliphatic carbocycles. The van der Waals surface area contributed by atoms with Crippen molar-refractivity contribution in [1.29, 1.82) is 0 Å². The third-order valence-corrected chi connectivity index (χ3v) is 5.54. The second-order valence-corrected chi connectivity index (χ2v) is 7.56. The summed E-state index contributed by atoms with van der Waals surface area (Å²) < 4.78 is 0.982. The van der Waals surface area contributed by atoms with Gasteiger partial charge in [-0.15, -0.1) is 10.2 Å². The van der Waals surface area contributed by atoms with Crippen molar-refractivity contribution < 1.29 is 4.79 Å². The van der Waals surface area contributed by atoms with Crippen molar-refractivity contribution in [2.75, 3.05) is 36.4 Å². The highest BCUT2D eigenvalue weighted by Crippen LogP contribution is 2.19. The number of carbonyl (C=O) groups excluding carboxylic acids is 1. The number of aromatic nitrogens is 3. The van der Waals surface area contributed by atoms with Crippen molar-refractivity contribution in [2.45, 2.75) is 0 Å². The van der Waals surface area contributed by atoms with Gasteiger partial charge >= 0.3 is 0 Å². The number of hydrogen-bond donors (Lipinski definition) is 1. The lowest BCUT2D eigenvalue weighted by Crippen LogP contribution is -2.49. The molecule has 3 heterocycles. The summed E-state index contributed by atoms with van der Waals surface area (Å²) in [6.07, 6.45) is 3.45. The van der Waals surface area contributed by atoms with E-state index >= 15 is 0 Å². The van der Waals surface area contributed by atoms with Gasteiger partial charge in [-0.05, 0) is 59.0 Å². The summed E-state index contributed by atoms with van der Waals surface area (Å²) in [6.45, 7) is 2.81. The lowest BCUT2D eigenvalue weighted by atomic mass is 10.2. The largest absolute Gasteiger partial charge is 0.352 e. The smallest absolute Gasteiger partial charge is 0.255 e. The van der Waals surface area contributed by atoms with Gasteiger partial charge in [0.1, 0.15) is 0 Å². The number of rotatable bonds is 4. The molecule has 7 nitrogen and oxygen atoms in total. The molecule has 28 heavy (non-hydrogen) atoms. The Bertz CT molecular complexity index is 942. The lowest BCUT2D eigenvalue weighted by Gasteiger charge is -2.35. The van der Waals surface area contributed by atoms with E-state index in [0.717, 1.165) is 33.7 Å². The van der Waals surface area contributed by atoms with Crippen molar-refractivity contribution >= 4 is 45.8 Å². The molecule has 1 fully saturated rings. The molecule has 0 saturated carbocycles. The van der Waals surface area contributed by atoms with Crippen molar-refractivity contribution in [1.82, 2.24) is 20.1 Å². The fourth-order valence-corrected chi connectivity index (χ4v) is 3.71. The second kappa shape index (κ2) is 8.51. The predicted octanol–water partition coefficient (Wildman–Crippen LogP) is 3.18. The maximum absolute atomic E-state index is 12.7. The maximum atomic E-state index is 12.7. The van der Waals surface area contributed by atoms with Crippen LogP contribution in [0, 0.1) is 3.57 Å². The Morgan fingerprint density at radius 3 is 2.36 bits per heavy atom. The van der Waals surface area contributed by atoms with Crippen LogP contribution in [0.3, 0.4) is 0 Å². The highest BCUT2D eigenvalue weighted by Gasteiger charge is 2.24. The summed E-state index contributed by atoms with van der Waals surface area (Å²) in [4.78, 5) is 20.8. The number of carbonyl (C=O) groups is 1. The first-order valence-electron chi connectivity index (χ1n) is 9.00.